The van der Waals surface area contributed by atoms with Gasteiger partial charge in [0, 0.05) is 10.1 Å². The van der Waals surface area contributed by atoms with Crippen LogP contribution in [0, 0.1) is 0 Å². The number of thiazole rings is 1. The Kier molecular flexibility index (Phi) is 7.96. The Labute approximate surface area is 129 Å². The summed E-state index contributed by atoms with van der Waals surface area (Å²) in [5, 5.41) is 5.79. The average Bonchev–Trinajstić information content (AvgIpc) is 2.82. The molecule has 1 aromatic heterocycles. The molecule has 0 radical (unpaired) electrons. The standard InChI is InChI=1S/C12H21N3OS2.ClH/c1-5-8-7-18-9(15-8)6-14-11(16)10(13)12(2,3)17-4;/h7,10H,5-6,13H2,1-4H3,(H,14,16);1H/t10-;/m1./s1. The number of nitrogens with one attached hydrogen (secondary N) is 1. The van der Waals surface area contributed by atoms with E-state index in [2.05, 4.69) is 17.2 Å². The van der Waals surface area contributed by atoms with E-state index < -0.39 is 6.04 Å². The van der Waals surface area contributed by atoms with Crippen LogP contribution < -0.4 is 11.1 Å². The SMILES string of the molecule is CCc1csc(CNC(=O)[C@@H](N)C(C)(C)SC)n1.Cl. The summed E-state index contributed by atoms with van der Waals surface area (Å²) < 4.78 is -0.262. The van der Waals surface area contributed by atoms with Gasteiger partial charge in [-0.25, -0.2) is 4.98 Å². The molecule has 0 bridgehead atoms. The number of nitrogens with two attached hydrogens (primary N) is 1. The highest BCUT2D eigenvalue weighted by Gasteiger charge is 2.31. The predicted octanol–water partition coefficient (Wildman–Crippen LogP) is 2.21. The third kappa shape index (κ3) is 5.30. The van der Waals surface area contributed by atoms with Gasteiger partial charge in [-0.15, -0.1) is 23.7 Å². The summed E-state index contributed by atoms with van der Waals surface area (Å²) >= 11 is 3.16. The number of amides is 1. The Morgan fingerprint density at radius 1 is 1.63 bits per heavy atom. The van der Waals surface area contributed by atoms with E-state index in [1.54, 1.807) is 23.1 Å². The van der Waals surface area contributed by atoms with Crippen molar-refractivity contribution in [2.24, 2.45) is 5.73 Å². The van der Waals surface area contributed by atoms with E-state index in [1.807, 2.05) is 25.5 Å². The Hall–Kier alpha value is -0.300. The lowest BCUT2D eigenvalue weighted by atomic mass is 10.0. The van der Waals surface area contributed by atoms with Gasteiger partial charge < -0.3 is 11.1 Å². The van der Waals surface area contributed by atoms with E-state index in [-0.39, 0.29) is 23.1 Å². The minimum Gasteiger partial charge on any atom is -0.348 e. The quantitative estimate of drug-likeness (QED) is 0.842. The first kappa shape index (κ1) is 18.7. The predicted molar refractivity (Wildman–Crippen MR) is 86.2 cm³/mol. The van der Waals surface area contributed by atoms with Crippen LogP contribution >= 0.6 is 35.5 Å². The third-order valence-electron chi connectivity index (χ3n) is 2.93. The largest absolute Gasteiger partial charge is 0.348 e. The number of rotatable bonds is 6. The van der Waals surface area contributed by atoms with Crippen molar-refractivity contribution >= 4 is 41.4 Å². The van der Waals surface area contributed by atoms with Crippen LogP contribution in [0.1, 0.15) is 31.5 Å². The zero-order valence-electron chi connectivity index (χ0n) is 11.7. The van der Waals surface area contributed by atoms with Crippen LogP contribution in [-0.2, 0) is 17.8 Å². The van der Waals surface area contributed by atoms with Crippen molar-refractivity contribution in [3.05, 3.63) is 16.1 Å². The summed E-state index contributed by atoms with van der Waals surface area (Å²) in [6, 6.07) is -0.516. The number of hydrogen-bond acceptors (Lipinski definition) is 5. The number of halogens is 1. The normalized spacial score (nSPS) is 12.7. The molecule has 1 heterocycles. The number of hydrogen-bond donors (Lipinski definition) is 2. The maximum atomic E-state index is 11.9. The molecule has 19 heavy (non-hydrogen) atoms. The van der Waals surface area contributed by atoms with E-state index in [0.717, 1.165) is 17.1 Å². The molecule has 0 saturated heterocycles. The van der Waals surface area contributed by atoms with Gasteiger partial charge >= 0.3 is 0 Å². The highest BCUT2D eigenvalue weighted by molar-refractivity contribution is 8.00. The van der Waals surface area contributed by atoms with E-state index in [4.69, 9.17) is 5.73 Å². The van der Waals surface area contributed by atoms with Crippen LogP contribution in [0.2, 0.25) is 0 Å². The van der Waals surface area contributed by atoms with Crippen molar-refractivity contribution in [2.45, 2.75) is 44.5 Å². The number of aromatic nitrogens is 1. The molecule has 1 atom stereocenters. The number of carbonyl (C=O) groups excluding carboxylic acids is 1. The Morgan fingerprint density at radius 3 is 2.74 bits per heavy atom. The van der Waals surface area contributed by atoms with Crippen molar-refractivity contribution in [1.29, 1.82) is 0 Å². The fraction of sp³-hybridized carbons (Fsp3) is 0.667. The number of thioether (sulfide) groups is 1. The zero-order chi connectivity index (χ0) is 13.8. The fourth-order valence-electron chi connectivity index (χ4n) is 1.31. The van der Waals surface area contributed by atoms with Crippen LogP contribution in [0.25, 0.3) is 0 Å². The summed E-state index contributed by atoms with van der Waals surface area (Å²) in [4.78, 5) is 16.3. The van der Waals surface area contributed by atoms with Gasteiger partial charge in [0.25, 0.3) is 0 Å². The molecule has 0 aliphatic heterocycles. The van der Waals surface area contributed by atoms with Gasteiger partial charge in [0.05, 0.1) is 18.3 Å². The van der Waals surface area contributed by atoms with Gasteiger partial charge in [-0.3, -0.25) is 4.79 Å². The van der Waals surface area contributed by atoms with Crippen molar-refractivity contribution in [3.8, 4) is 0 Å². The summed E-state index contributed by atoms with van der Waals surface area (Å²) in [7, 11) is 0. The van der Waals surface area contributed by atoms with Crippen molar-refractivity contribution in [2.75, 3.05) is 6.26 Å². The first-order chi connectivity index (χ1) is 8.40. The van der Waals surface area contributed by atoms with Gasteiger partial charge in [-0.05, 0) is 26.5 Å². The summed E-state index contributed by atoms with van der Waals surface area (Å²) in [5.74, 6) is -0.123. The van der Waals surface area contributed by atoms with Crippen molar-refractivity contribution in [3.63, 3.8) is 0 Å². The third-order valence-corrected chi connectivity index (χ3v) is 5.14. The molecule has 0 aliphatic carbocycles. The topological polar surface area (TPSA) is 68.0 Å². The second-order valence-corrected chi connectivity index (χ2v) is 6.99. The van der Waals surface area contributed by atoms with Crippen molar-refractivity contribution < 1.29 is 4.79 Å². The first-order valence-corrected chi connectivity index (χ1v) is 8.03. The molecule has 1 amide bonds. The Bertz CT molecular complexity index is 409. The van der Waals surface area contributed by atoms with Crippen LogP contribution in [0.5, 0.6) is 0 Å². The number of nitrogens with zero attached hydrogens (tertiary/aromatic N) is 1. The fourth-order valence-corrected chi connectivity index (χ4v) is 2.49. The summed E-state index contributed by atoms with van der Waals surface area (Å²) in [6.45, 7) is 6.47. The molecule has 4 nitrogen and oxygen atoms in total. The van der Waals surface area contributed by atoms with Gasteiger partial charge in [0.2, 0.25) is 5.91 Å². The monoisotopic (exact) mass is 323 g/mol. The molecule has 7 heteroatoms. The van der Waals surface area contributed by atoms with Gasteiger partial charge in [0.15, 0.2) is 0 Å². The smallest absolute Gasteiger partial charge is 0.238 e. The maximum Gasteiger partial charge on any atom is 0.238 e. The minimum atomic E-state index is -0.516. The summed E-state index contributed by atoms with van der Waals surface area (Å²) in [6.07, 6.45) is 2.88. The highest BCUT2D eigenvalue weighted by atomic mass is 35.5. The molecule has 110 valence electrons. The van der Waals surface area contributed by atoms with E-state index in [9.17, 15) is 4.79 Å². The minimum absolute atomic E-state index is 0. The molecule has 0 unspecified atom stereocenters. The molecule has 0 aliphatic rings. The Morgan fingerprint density at radius 2 is 2.26 bits per heavy atom. The lowest BCUT2D eigenvalue weighted by Crippen LogP contribution is -2.51. The lowest BCUT2D eigenvalue weighted by molar-refractivity contribution is -0.123. The summed E-state index contributed by atoms with van der Waals surface area (Å²) in [5.41, 5.74) is 7.02. The van der Waals surface area contributed by atoms with Crippen LogP contribution in [0.15, 0.2) is 5.38 Å². The average molecular weight is 324 g/mol. The molecule has 0 aromatic carbocycles. The second-order valence-electron chi connectivity index (χ2n) is 4.59. The van der Waals surface area contributed by atoms with E-state index in [0.29, 0.717) is 6.54 Å². The molecular formula is C12H22ClN3OS2. The maximum absolute atomic E-state index is 11.9. The molecule has 1 aromatic rings. The van der Waals surface area contributed by atoms with Gasteiger partial charge in [0.1, 0.15) is 5.01 Å². The molecule has 0 saturated carbocycles. The van der Waals surface area contributed by atoms with Gasteiger partial charge in [-0.1, -0.05) is 6.92 Å². The molecule has 3 N–H and O–H groups in total. The second kappa shape index (κ2) is 8.09. The number of carbonyl (C=O) groups is 1. The highest BCUT2D eigenvalue weighted by Crippen LogP contribution is 2.24. The molecular weight excluding hydrogens is 302 g/mol. The van der Waals surface area contributed by atoms with E-state index in [1.165, 1.54) is 0 Å². The van der Waals surface area contributed by atoms with Crippen LogP contribution in [0.3, 0.4) is 0 Å². The molecule has 1 rings (SSSR count). The number of aryl methyl sites for hydroxylation is 1. The van der Waals surface area contributed by atoms with Gasteiger partial charge in [-0.2, -0.15) is 11.8 Å². The van der Waals surface area contributed by atoms with Crippen LogP contribution in [0.4, 0.5) is 0 Å². The van der Waals surface area contributed by atoms with Crippen molar-refractivity contribution in [1.82, 2.24) is 10.3 Å². The van der Waals surface area contributed by atoms with E-state index >= 15 is 0 Å². The molecule has 0 fully saturated rings. The van der Waals surface area contributed by atoms with Crippen LogP contribution in [-0.4, -0.2) is 27.9 Å². The lowest BCUT2D eigenvalue weighted by Gasteiger charge is -2.28. The Balaban J connectivity index is 0.00000324. The first-order valence-electron chi connectivity index (χ1n) is 5.92. The zero-order valence-corrected chi connectivity index (χ0v) is 14.2. The molecule has 0 spiro atoms.